The molecule has 0 saturated carbocycles. The lowest BCUT2D eigenvalue weighted by atomic mass is 10.0. The number of likely N-dealkylation sites (tertiary alicyclic amines) is 1. The summed E-state index contributed by atoms with van der Waals surface area (Å²) in [5, 5.41) is 13.2. The van der Waals surface area contributed by atoms with Crippen molar-refractivity contribution in [3.05, 3.63) is 28.8 Å². The van der Waals surface area contributed by atoms with E-state index < -0.39 is 0 Å². The first-order valence-electron chi connectivity index (χ1n) is 8.07. The largest absolute Gasteiger partial charge is 0.493 e. The third kappa shape index (κ3) is 5.29. The van der Waals surface area contributed by atoms with Crippen LogP contribution in [0.5, 0.6) is 5.75 Å². The highest BCUT2D eigenvalue weighted by molar-refractivity contribution is 6.30. The molecule has 2 unspecified atom stereocenters. The fourth-order valence-electron chi connectivity index (χ4n) is 2.70. The Balaban J connectivity index is 1.63. The van der Waals surface area contributed by atoms with Gasteiger partial charge in [-0.25, -0.2) is 4.79 Å². The van der Waals surface area contributed by atoms with Gasteiger partial charge >= 0.3 is 6.03 Å². The Labute approximate surface area is 142 Å². The smallest absolute Gasteiger partial charge is 0.317 e. The van der Waals surface area contributed by atoms with Crippen molar-refractivity contribution in [2.24, 2.45) is 5.92 Å². The van der Waals surface area contributed by atoms with E-state index in [1.165, 1.54) is 0 Å². The Morgan fingerprint density at radius 1 is 1.57 bits per heavy atom. The fourth-order valence-corrected chi connectivity index (χ4v) is 2.93. The van der Waals surface area contributed by atoms with Crippen LogP contribution in [0.1, 0.15) is 25.3 Å². The van der Waals surface area contributed by atoms with Crippen LogP contribution in [0.3, 0.4) is 0 Å². The van der Waals surface area contributed by atoms with Crippen LogP contribution in [0.2, 0.25) is 5.02 Å². The maximum atomic E-state index is 12.0. The number of carbonyl (C=O) groups excluding carboxylic acids is 1. The number of aliphatic hydroxyl groups excluding tert-OH is 1. The molecule has 0 bridgehead atoms. The zero-order chi connectivity index (χ0) is 16.8. The van der Waals surface area contributed by atoms with Crippen molar-refractivity contribution in [3.8, 4) is 5.75 Å². The van der Waals surface area contributed by atoms with Gasteiger partial charge < -0.3 is 20.1 Å². The number of rotatable bonds is 6. The second-order valence-corrected chi connectivity index (χ2v) is 6.52. The monoisotopic (exact) mass is 340 g/mol. The van der Waals surface area contributed by atoms with Gasteiger partial charge in [0.1, 0.15) is 5.75 Å². The van der Waals surface area contributed by atoms with Crippen molar-refractivity contribution in [2.75, 3.05) is 26.2 Å². The van der Waals surface area contributed by atoms with Gasteiger partial charge in [-0.3, -0.25) is 0 Å². The van der Waals surface area contributed by atoms with Crippen LogP contribution in [0.4, 0.5) is 4.79 Å². The van der Waals surface area contributed by atoms with Gasteiger partial charge in [-0.05, 0) is 50.5 Å². The summed E-state index contributed by atoms with van der Waals surface area (Å²) >= 11 is 5.90. The molecule has 6 heteroatoms. The summed E-state index contributed by atoms with van der Waals surface area (Å²) in [6.45, 7) is 6.18. The highest BCUT2D eigenvalue weighted by atomic mass is 35.5. The lowest BCUT2D eigenvalue weighted by Gasteiger charge is -2.18. The molecule has 128 valence electrons. The van der Waals surface area contributed by atoms with Crippen molar-refractivity contribution in [1.82, 2.24) is 10.2 Å². The minimum Gasteiger partial charge on any atom is -0.493 e. The molecule has 0 radical (unpaired) electrons. The normalized spacial score (nSPS) is 18.8. The molecule has 0 aliphatic carbocycles. The Hall–Kier alpha value is -1.46. The highest BCUT2D eigenvalue weighted by Gasteiger charge is 2.28. The van der Waals surface area contributed by atoms with Crippen LogP contribution < -0.4 is 10.1 Å². The van der Waals surface area contributed by atoms with Gasteiger partial charge in [0, 0.05) is 30.6 Å². The number of nitrogens with zero attached hydrogens (tertiary/aromatic N) is 1. The van der Waals surface area contributed by atoms with Crippen molar-refractivity contribution in [3.63, 3.8) is 0 Å². The molecular weight excluding hydrogens is 316 g/mol. The minimum absolute atomic E-state index is 0.0594. The topological polar surface area (TPSA) is 61.8 Å². The molecule has 5 nitrogen and oxygen atoms in total. The zero-order valence-electron chi connectivity index (χ0n) is 13.7. The van der Waals surface area contributed by atoms with E-state index in [4.69, 9.17) is 16.3 Å². The molecule has 0 aromatic heterocycles. The van der Waals surface area contributed by atoms with E-state index in [-0.39, 0.29) is 18.1 Å². The number of hydrogen-bond donors (Lipinski definition) is 2. The number of hydrogen-bond acceptors (Lipinski definition) is 3. The number of halogens is 1. The summed E-state index contributed by atoms with van der Waals surface area (Å²) in [5.74, 6) is 1.01. The van der Waals surface area contributed by atoms with Crippen LogP contribution in [0.25, 0.3) is 0 Å². The van der Waals surface area contributed by atoms with E-state index in [0.717, 1.165) is 24.2 Å². The van der Waals surface area contributed by atoms with E-state index >= 15 is 0 Å². The number of aliphatic hydroxyl groups is 1. The molecule has 2 amide bonds. The van der Waals surface area contributed by atoms with Gasteiger partial charge in [-0.1, -0.05) is 11.6 Å². The third-order valence-electron chi connectivity index (χ3n) is 4.19. The molecule has 23 heavy (non-hydrogen) atoms. The number of benzene rings is 1. The Bertz CT molecular complexity index is 537. The lowest BCUT2D eigenvalue weighted by molar-refractivity contribution is 0.129. The first kappa shape index (κ1) is 17.9. The molecule has 1 aliphatic rings. The van der Waals surface area contributed by atoms with Gasteiger partial charge in [0.15, 0.2) is 0 Å². The van der Waals surface area contributed by atoms with Gasteiger partial charge in [-0.15, -0.1) is 0 Å². The van der Waals surface area contributed by atoms with Crippen molar-refractivity contribution in [2.45, 2.75) is 32.8 Å². The number of nitrogens with one attached hydrogen (secondary N) is 1. The standard InChI is InChI=1S/C17H25ClN2O3/c1-12-10-15(18)4-5-16(12)23-9-3-7-19-17(22)20-8-6-14(11-20)13(2)21/h4-5,10,13-14,21H,3,6-9,11H2,1-2H3,(H,19,22). The summed E-state index contributed by atoms with van der Waals surface area (Å²) in [6, 6.07) is 5.47. The Kier molecular flexibility index (Phi) is 6.54. The first-order valence-corrected chi connectivity index (χ1v) is 8.45. The summed E-state index contributed by atoms with van der Waals surface area (Å²) in [6.07, 6.45) is 1.25. The Morgan fingerprint density at radius 3 is 3.00 bits per heavy atom. The molecule has 2 atom stereocenters. The Morgan fingerprint density at radius 2 is 2.35 bits per heavy atom. The number of urea groups is 1. The molecular formula is C17H25ClN2O3. The van der Waals surface area contributed by atoms with Gasteiger partial charge in [0.05, 0.1) is 12.7 Å². The predicted molar refractivity (Wildman–Crippen MR) is 91.1 cm³/mol. The lowest BCUT2D eigenvalue weighted by Crippen LogP contribution is -2.39. The molecule has 1 heterocycles. The van der Waals surface area contributed by atoms with Crippen LogP contribution in [-0.2, 0) is 0 Å². The van der Waals surface area contributed by atoms with Gasteiger partial charge in [0.25, 0.3) is 0 Å². The van der Waals surface area contributed by atoms with E-state index in [9.17, 15) is 9.90 Å². The third-order valence-corrected chi connectivity index (χ3v) is 4.42. The zero-order valence-corrected chi connectivity index (χ0v) is 14.5. The molecule has 2 N–H and O–H groups in total. The molecule has 0 spiro atoms. The second-order valence-electron chi connectivity index (χ2n) is 6.08. The molecule has 1 aromatic carbocycles. The quantitative estimate of drug-likeness (QED) is 0.783. The van der Waals surface area contributed by atoms with Crippen LogP contribution in [0.15, 0.2) is 18.2 Å². The number of aryl methyl sites for hydroxylation is 1. The summed E-state index contributed by atoms with van der Waals surface area (Å²) in [7, 11) is 0. The number of ether oxygens (including phenoxy) is 1. The fraction of sp³-hybridized carbons (Fsp3) is 0.588. The highest BCUT2D eigenvalue weighted by Crippen LogP contribution is 2.22. The maximum absolute atomic E-state index is 12.0. The second kappa shape index (κ2) is 8.41. The van der Waals surface area contributed by atoms with E-state index in [2.05, 4.69) is 5.32 Å². The average molecular weight is 341 g/mol. The van der Waals surface area contributed by atoms with Crippen molar-refractivity contribution < 1.29 is 14.6 Å². The van der Waals surface area contributed by atoms with Crippen molar-refractivity contribution >= 4 is 17.6 Å². The van der Waals surface area contributed by atoms with Gasteiger partial charge in [-0.2, -0.15) is 0 Å². The van der Waals surface area contributed by atoms with Crippen LogP contribution in [-0.4, -0.2) is 48.4 Å². The van der Waals surface area contributed by atoms with Gasteiger partial charge in [0.2, 0.25) is 0 Å². The van der Waals surface area contributed by atoms with E-state index in [1.54, 1.807) is 17.9 Å². The first-order chi connectivity index (χ1) is 11.0. The molecule has 1 aliphatic heterocycles. The summed E-state index contributed by atoms with van der Waals surface area (Å²) in [5.41, 5.74) is 1.00. The number of carbonyl (C=O) groups is 1. The average Bonchev–Trinajstić information content (AvgIpc) is 2.99. The number of amides is 2. The van der Waals surface area contributed by atoms with E-state index in [1.807, 2.05) is 19.1 Å². The minimum atomic E-state index is -0.358. The SMILES string of the molecule is Cc1cc(Cl)ccc1OCCCNC(=O)N1CCC(C(C)O)C1. The van der Waals surface area contributed by atoms with Crippen molar-refractivity contribution in [1.29, 1.82) is 0 Å². The summed E-state index contributed by atoms with van der Waals surface area (Å²) < 4.78 is 5.69. The molecule has 1 aromatic rings. The molecule has 1 saturated heterocycles. The maximum Gasteiger partial charge on any atom is 0.317 e. The van der Waals surface area contributed by atoms with Crippen LogP contribution >= 0.6 is 11.6 Å². The summed E-state index contributed by atoms with van der Waals surface area (Å²) in [4.78, 5) is 13.8. The van der Waals surface area contributed by atoms with E-state index in [0.29, 0.717) is 31.3 Å². The molecule has 1 fully saturated rings. The predicted octanol–water partition coefficient (Wildman–Crippen LogP) is 2.83. The molecule has 2 rings (SSSR count). The van der Waals surface area contributed by atoms with Crippen LogP contribution in [0, 0.1) is 12.8 Å².